The van der Waals surface area contributed by atoms with Crippen LogP contribution in [-0.4, -0.2) is 52.0 Å². The Kier molecular flexibility index (Phi) is 7.40. The van der Waals surface area contributed by atoms with Crippen molar-refractivity contribution >= 4 is 27.6 Å². The van der Waals surface area contributed by atoms with Gasteiger partial charge in [-0.05, 0) is 56.0 Å². The predicted molar refractivity (Wildman–Crippen MR) is 120 cm³/mol. The second kappa shape index (κ2) is 10.0. The highest BCUT2D eigenvalue weighted by Gasteiger charge is 2.24. The first-order chi connectivity index (χ1) is 15.2. The zero-order chi connectivity index (χ0) is 23.3. The van der Waals surface area contributed by atoms with Gasteiger partial charge in [-0.3, -0.25) is 9.52 Å². The monoisotopic (exact) mass is 460 g/mol. The molecule has 1 amide bonds. The van der Waals surface area contributed by atoms with Crippen molar-refractivity contribution in [3.63, 3.8) is 0 Å². The molecule has 32 heavy (non-hydrogen) atoms. The Balaban J connectivity index is 1.74. The number of likely N-dealkylation sites (tertiary alicyclic amines) is 1. The van der Waals surface area contributed by atoms with Crippen molar-refractivity contribution in [3.8, 4) is 5.75 Å². The molecule has 9 heteroatoms. The van der Waals surface area contributed by atoms with Crippen LogP contribution < -0.4 is 9.46 Å². The van der Waals surface area contributed by atoms with Crippen LogP contribution in [0.25, 0.3) is 0 Å². The Morgan fingerprint density at radius 2 is 1.88 bits per heavy atom. The van der Waals surface area contributed by atoms with Crippen LogP contribution in [0, 0.1) is 12.8 Å². The van der Waals surface area contributed by atoms with E-state index in [-0.39, 0.29) is 28.7 Å². The molecule has 8 nitrogen and oxygen atoms in total. The molecule has 1 N–H and O–H groups in total. The average molecular weight is 461 g/mol. The molecule has 1 saturated heterocycles. The van der Waals surface area contributed by atoms with E-state index in [0.717, 1.165) is 18.4 Å². The van der Waals surface area contributed by atoms with Gasteiger partial charge < -0.3 is 14.4 Å². The van der Waals surface area contributed by atoms with Crippen LogP contribution in [0.15, 0.2) is 47.4 Å². The maximum atomic E-state index is 12.9. The summed E-state index contributed by atoms with van der Waals surface area (Å²) >= 11 is 0. The van der Waals surface area contributed by atoms with Crippen LogP contribution >= 0.6 is 0 Å². The summed E-state index contributed by atoms with van der Waals surface area (Å²) in [5.41, 5.74) is 1.38. The number of rotatable bonds is 7. The van der Waals surface area contributed by atoms with E-state index in [2.05, 4.69) is 11.6 Å². The van der Waals surface area contributed by atoms with Crippen LogP contribution in [0.1, 0.15) is 35.7 Å². The van der Waals surface area contributed by atoms with Crippen molar-refractivity contribution < 1.29 is 27.5 Å². The van der Waals surface area contributed by atoms with Crippen molar-refractivity contribution in [2.24, 2.45) is 5.92 Å². The maximum absolute atomic E-state index is 12.9. The van der Waals surface area contributed by atoms with Crippen molar-refractivity contribution in [2.75, 3.05) is 31.5 Å². The third-order valence-electron chi connectivity index (χ3n) is 5.33. The van der Waals surface area contributed by atoms with Crippen molar-refractivity contribution in [1.82, 2.24) is 4.90 Å². The number of benzene rings is 2. The number of amides is 1. The summed E-state index contributed by atoms with van der Waals surface area (Å²) in [7, 11) is -2.69. The van der Waals surface area contributed by atoms with Crippen molar-refractivity contribution in [2.45, 2.75) is 31.6 Å². The summed E-state index contributed by atoms with van der Waals surface area (Å²) in [5, 5.41) is 0. The van der Waals surface area contributed by atoms with Gasteiger partial charge >= 0.3 is 5.97 Å². The molecule has 0 spiro atoms. The molecule has 0 aromatic heterocycles. The van der Waals surface area contributed by atoms with Crippen molar-refractivity contribution in [1.29, 1.82) is 0 Å². The molecule has 1 fully saturated rings. The zero-order valence-corrected chi connectivity index (χ0v) is 19.3. The first kappa shape index (κ1) is 23.6. The zero-order valence-electron chi connectivity index (χ0n) is 18.5. The number of carbonyl (C=O) groups is 2. The Morgan fingerprint density at radius 3 is 2.53 bits per heavy atom. The number of esters is 1. The smallest absolute Gasteiger partial charge is 0.338 e. The van der Waals surface area contributed by atoms with Gasteiger partial charge in [0.15, 0.2) is 6.61 Å². The van der Waals surface area contributed by atoms with Crippen LogP contribution in [0.4, 0.5) is 5.69 Å². The largest absolute Gasteiger partial charge is 0.495 e. The third kappa shape index (κ3) is 5.79. The molecule has 1 unspecified atom stereocenters. The lowest BCUT2D eigenvalue weighted by Gasteiger charge is -2.30. The number of anilines is 1. The lowest BCUT2D eigenvalue weighted by atomic mass is 10.0. The summed E-state index contributed by atoms with van der Waals surface area (Å²) < 4.78 is 38.7. The predicted octanol–water partition coefficient (Wildman–Crippen LogP) is 3.22. The lowest BCUT2D eigenvalue weighted by Crippen LogP contribution is -2.41. The van der Waals surface area contributed by atoms with Gasteiger partial charge in [0, 0.05) is 18.8 Å². The van der Waals surface area contributed by atoms with Crippen LogP contribution in [0.5, 0.6) is 5.75 Å². The van der Waals surface area contributed by atoms with E-state index < -0.39 is 16.0 Å². The topological polar surface area (TPSA) is 102 Å². The van der Waals surface area contributed by atoms with E-state index in [1.807, 2.05) is 6.92 Å². The molecule has 2 aromatic carbocycles. The third-order valence-corrected chi connectivity index (χ3v) is 6.73. The summed E-state index contributed by atoms with van der Waals surface area (Å²) in [6, 6.07) is 10.8. The number of carbonyl (C=O) groups excluding carboxylic acids is 2. The minimum absolute atomic E-state index is 0.00916. The van der Waals surface area contributed by atoms with Gasteiger partial charge in [-0.15, -0.1) is 0 Å². The fourth-order valence-electron chi connectivity index (χ4n) is 3.56. The second-order valence-corrected chi connectivity index (χ2v) is 9.65. The molecule has 1 heterocycles. The van der Waals surface area contributed by atoms with Crippen molar-refractivity contribution in [3.05, 3.63) is 53.6 Å². The fraction of sp³-hybridized carbons (Fsp3) is 0.391. The molecule has 0 aliphatic carbocycles. The van der Waals surface area contributed by atoms with E-state index in [1.165, 1.54) is 25.3 Å². The quantitative estimate of drug-likeness (QED) is 0.637. The molecule has 0 bridgehead atoms. The molecule has 3 rings (SSSR count). The van der Waals surface area contributed by atoms with Gasteiger partial charge in [-0.1, -0.05) is 24.6 Å². The van der Waals surface area contributed by atoms with Crippen LogP contribution in [0.3, 0.4) is 0 Å². The number of aryl methyl sites for hydroxylation is 1. The van der Waals surface area contributed by atoms with Crippen LogP contribution in [0.2, 0.25) is 0 Å². The Labute approximate surface area is 188 Å². The first-order valence-electron chi connectivity index (χ1n) is 10.4. The standard InChI is InChI=1S/C23H28N2O6S/c1-16-6-9-19(10-7-16)24-32(28,29)21-13-18(8-11-20(21)30-3)23(27)31-15-22(26)25-12-4-5-17(2)14-25/h6-11,13,17,24H,4-5,12,14-15H2,1-3H3. The molecule has 1 aliphatic heterocycles. The number of hydrogen-bond acceptors (Lipinski definition) is 6. The van der Waals surface area contributed by atoms with E-state index in [4.69, 9.17) is 9.47 Å². The minimum atomic E-state index is -4.04. The van der Waals surface area contributed by atoms with Gasteiger partial charge in [0.05, 0.1) is 12.7 Å². The SMILES string of the molecule is COc1ccc(C(=O)OCC(=O)N2CCCC(C)C2)cc1S(=O)(=O)Nc1ccc(C)cc1. The maximum Gasteiger partial charge on any atom is 0.338 e. The summed E-state index contributed by atoms with van der Waals surface area (Å²) in [6.07, 6.45) is 2.00. The Morgan fingerprint density at radius 1 is 1.16 bits per heavy atom. The van der Waals surface area contributed by atoms with Crippen LogP contribution in [-0.2, 0) is 19.6 Å². The summed E-state index contributed by atoms with van der Waals surface area (Å²) in [6.45, 7) is 4.88. The lowest BCUT2D eigenvalue weighted by molar-refractivity contribution is -0.136. The minimum Gasteiger partial charge on any atom is -0.495 e. The average Bonchev–Trinajstić information content (AvgIpc) is 2.78. The summed E-state index contributed by atoms with van der Waals surface area (Å²) in [5.74, 6) is -0.538. The summed E-state index contributed by atoms with van der Waals surface area (Å²) in [4.78, 5) is 26.4. The number of nitrogens with zero attached hydrogens (tertiary/aromatic N) is 1. The molecule has 0 radical (unpaired) electrons. The van der Waals surface area contributed by atoms with Gasteiger partial charge in [0.25, 0.3) is 15.9 Å². The van der Waals surface area contributed by atoms with Gasteiger partial charge in [-0.2, -0.15) is 0 Å². The van der Waals surface area contributed by atoms with E-state index >= 15 is 0 Å². The van der Waals surface area contributed by atoms with Gasteiger partial charge in [-0.25, -0.2) is 13.2 Å². The van der Waals surface area contributed by atoms with E-state index in [1.54, 1.807) is 29.2 Å². The van der Waals surface area contributed by atoms with Gasteiger partial charge in [0.1, 0.15) is 10.6 Å². The number of nitrogens with one attached hydrogen (secondary N) is 1. The fourth-order valence-corrected chi connectivity index (χ4v) is 4.82. The highest BCUT2D eigenvalue weighted by Crippen LogP contribution is 2.27. The first-order valence-corrected chi connectivity index (χ1v) is 11.9. The highest BCUT2D eigenvalue weighted by molar-refractivity contribution is 7.92. The highest BCUT2D eigenvalue weighted by atomic mass is 32.2. The molecule has 2 aromatic rings. The number of sulfonamides is 1. The molecular weight excluding hydrogens is 432 g/mol. The number of ether oxygens (including phenoxy) is 2. The van der Waals surface area contributed by atoms with Gasteiger partial charge in [0.2, 0.25) is 0 Å². The molecular formula is C23H28N2O6S. The normalized spacial score (nSPS) is 16.3. The molecule has 0 saturated carbocycles. The van der Waals surface area contributed by atoms with E-state index in [9.17, 15) is 18.0 Å². The second-order valence-electron chi connectivity index (χ2n) is 8.00. The Hall–Kier alpha value is -3.07. The van der Waals surface area contributed by atoms with E-state index in [0.29, 0.717) is 24.7 Å². The number of methoxy groups -OCH3 is 1. The molecule has 1 atom stereocenters. The molecule has 172 valence electrons. The number of piperidine rings is 1. The molecule has 1 aliphatic rings. The number of hydrogen-bond donors (Lipinski definition) is 1. The Bertz CT molecular complexity index is 1080.